The molecule has 0 aliphatic rings. The Labute approximate surface area is 117 Å². The first kappa shape index (κ1) is 17.8. The van der Waals surface area contributed by atoms with Gasteiger partial charge in [0.15, 0.2) is 0 Å². The van der Waals surface area contributed by atoms with Crippen molar-refractivity contribution >= 4 is 18.4 Å². The fourth-order valence-electron chi connectivity index (χ4n) is 1.76. The van der Waals surface area contributed by atoms with Crippen molar-refractivity contribution in [2.45, 2.75) is 65.7 Å². The molecule has 0 aliphatic carbocycles. The topological polar surface area (TPSA) is 58.5 Å². The van der Waals surface area contributed by atoms with Gasteiger partial charge in [-0.1, -0.05) is 40.0 Å². The average molecular weight is 268 g/mol. The lowest BCUT2D eigenvalue weighted by Crippen LogP contribution is -2.24. The maximum atomic E-state index is 11.7. The molecule has 4 nitrogen and oxygen atoms in total. The number of hydrogen-bond acceptors (Lipinski definition) is 3. The van der Waals surface area contributed by atoms with Crippen molar-refractivity contribution in [3.8, 4) is 0 Å². The van der Waals surface area contributed by atoms with Crippen molar-refractivity contribution in [2.24, 2.45) is 16.9 Å². The standard InChI is InChI=1S/C15H28N2O2/c1-4-5-6-9-14(3)15(19)17-16-11-7-8-13(2)10-12-18/h11-14H,4-10H2,1-3H3,(H,17,19)/b16-11+. The van der Waals surface area contributed by atoms with E-state index in [-0.39, 0.29) is 11.8 Å². The van der Waals surface area contributed by atoms with Crippen LogP contribution in [0.5, 0.6) is 0 Å². The third-order valence-electron chi connectivity index (χ3n) is 3.24. The van der Waals surface area contributed by atoms with E-state index < -0.39 is 0 Å². The monoisotopic (exact) mass is 268 g/mol. The van der Waals surface area contributed by atoms with E-state index in [1.54, 1.807) is 6.21 Å². The minimum Gasteiger partial charge on any atom is -0.303 e. The summed E-state index contributed by atoms with van der Waals surface area (Å²) in [6, 6.07) is 0. The second-order valence-corrected chi connectivity index (χ2v) is 5.27. The Hall–Kier alpha value is -1.19. The van der Waals surface area contributed by atoms with Crippen LogP contribution in [0.1, 0.15) is 65.7 Å². The van der Waals surface area contributed by atoms with Gasteiger partial charge in [0, 0.05) is 18.6 Å². The molecule has 2 atom stereocenters. The molecular weight excluding hydrogens is 240 g/mol. The van der Waals surface area contributed by atoms with Crippen molar-refractivity contribution < 1.29 is 9.59 Å². The molecule has 1 N–H and O–H groups in total. The molecule has 0 rings (SSSR count). The molecule has 0 fully saturated rings. The van der Waals surface area contributed by atoms with E-state index in [0.29, 0.717) is 12.3 Å². The van der Waals surface area contributed by atoms with E-state index in [0.717, 1.165) is 32.0 Å². The van der Waals surface area contributed by atoms with Crippen LogP contribution in [0.2, 0.25) is 0 Å². The Balaban J connectivity index is 3.67. The number of aldehydes is 1. The summed E-state index contributed by atoms with van der Waals surface area (Å²) < 4.78 is 0. The first-order chi connectivity index (χ1) is 9.11. The van der Waals surface area contributed by atoms with E-state index in [9.17, 15) is 9.59 Å². The summed E-state index contributed by atoms with van der Waals surface area (Å²) in [4.78, 5) is 22.0. The van der Waals surface area contributed by atoms with Crippen LogP contribution in [-0.2, 0) is 9.59 Å². The number of carbonyl (C=O) groups is 2. The second kappa shape index (κ2) is 11.9. The molecule has 0 radical (unpaired) electrons. The molecule has 19 heavy (non-hydrogen) atoms. The van der Waals surface area contributed by atoms with Crippen molar-refractivity contribution in [2.75, 3.05) is 0 Å². The van der Waals surface area contributed by atoms with E-state index in [1.807, 2.05) is 13.8 Å². The van der Waals surface area contributed by atoms with Crippen LogP contribution in [0.25, 0.3) is 0 Å². The summed E-state index contributed by atoms with van der Waals surface area (Å²) >= 11 is 0. The van der Waals surface area contributed by atoms with Crippen molar-refractivity contribution in [3.05, 3.63) is 0 Å². The molecule has 0 bridgehead atoms. The highest BCUT2D eigenvalue weighted by Gasteiger charge is 2.10. The number of hydrogen-bond donors (Lipinski definition) is 1. The molecule has 0 heterocycles. The Morgan fingerprint density at radius 3 is 2.63 bits per heavy atom. The van der Waals surface area contributed by atoms with Gasteiger partial charge >= 0.3 is 0 Å². The Morgan fingerprint density at radius 1 is 1.26 bits per heavy atom. The Morgan fingerprint density at radius 2 is 2.00 bits per heavy atom. The third-order valence-corrected chi connectivity index (χ3v) is 3.24. The predicted octanol–water partition coefficient (Wildman–Crippen LogP) is 3.31. The zero-order valence-electron chi connectivity index (χ0n) is 12.5. The van der Waals surface area contributed by atoms with Gasteiger partial charge in [-0.3, -0.25) is 4.79 Å². The Kier molecular flexibility index (Phi) is 11.1. The fourth-order valence-corrected chi connectivity index (χ4v) is 1.76. The molecule has 0 saturated carbocycles. The second-order valence-electron chi connectivity index (χ2n) is 5.27. The van der Waals surface area contributed by atoms with Gasteiger partial charge < -0.3 is 4.79 Å². The van der Waals surface area contributed by atoms with Gasteiger partial charge in [0.05, 0.1) is 0 Å². The molecule has 0 spiro atoms. The number of carbonyl (C=O) groups excluding carboxylic acids is 2. The quantitative estimate of drug-likeness (QED) is 0.270. The number of hydrazone groups is 1. The van der Waals surface area contributed by atoms with E-state index in [2.05, 4.69) is 17.5 Å². The van der Waals surface area contributed by atoms with E-state index in [4.69, 9.17) is 0 Å². The minimum atomic E-state index is -0.00621. The number of nitrogens with one attached hydrogen (secondary N) is 1. The number of amides is 1. The molecule has 0 saturated heterocycles. The largest absolute Gasteiger partial charge is 0.303 e. The smallest absolute Gasteiger partial charge is 0.242 e. The summed E-state index contributed by atoms with van der Waals surface area (Å²) in [5.74, 6) is 0.401. The van der Waals surface area contributed by atoms with Gasteiger partial charge in [0.1, 0.15) is 6.29 Å². The van der Waals surface area contributed by atoms with Crippen LogP contribution in [0, 0.1) is 11.8 Å². The molecule has 2 unspecified atom stereocenters. The minimum absolute atomic E-state index is 0.00621. The molecule has 0 aromatic rings. The highest BCUT2D eigenvalue weighted by Crippen LogP contribution is 2.09. The summed E-state index contributed by atoms with van der Waals surface area (Å²) in [6.07, 6.45) is 9.34. The van der Waals surface area contributed by atoms with Crippen LogP contribution in [0.15, 0.2) is 5.10 Å². The molecule has 110 valence electrons. The van der Waals surface area contributed by atoms with Crippen molar-refractivity contribution in [3.63, 3.8) is 0 Å². The zero-order valence-corrected chi connectivity index (χ0v) is 12.5. The van der Waals surface area contributed by atoms with E-state index in [1.165, 1.54) is 12.8 Å². The number of nitrogens with zero attached hydrogens (tertiary/aromatic N) is 1. The lowest BCUT2D eigenvalue weighted by atomic mass is 10.0. The van der Waals surface area contributed by atoms with Gasteiger partial charge in [-0.25, -0.2) is 5.43 Å². The normalized spacial score (nSPS) is 14.3. The Bertz CT molecular complexity index is 277. The van der Waals surface area contributed by atoms with E-state index >= 15 is 0 Å². The summed E-state index contributed by atoms with van der Waals surface area (Å²) in [7, 11) is 0. The predicted molar refractivity (Wildman–Crippen MR) is 79.0 cm³/mol. The van der Waals surface area contributed by atoms with Gasteiger partial charge in [-0.15, -0.1) is 0 Å². The SMILES string of the molecule is CCCCCC(C)C(=O)N/N=C/CCC(C)CC=O. The van der Waals surface area contributed by atoms with Crippen LogP contribution in [0.4, 0.5) is 0 Å². The lowest BCUT2D eigenvalue weighted by Gasteiger charge is -2.08. The summed E-state index contributed by atoms with van der Waals surface area (Å²) in [6.45, 7) is 6.13. The molecule has 0 aromatic heterocycles. The average Bonchev–Trinajstić information content (AvgIpc) is 2.38. The van der Waals surface area contributed by atoms with Gasteiger partial charge in [0.2, 0.25) is 5.91 Å². The first-order valence-corrected chi connectivity index (χ1v) is 7.36. The van der Waals surface area contributed by atoms with Gasteiger partial charge in [0.25, 0.3) is 0 Å². The molecular formula is C15H28N2O2. The fraction of sp³-hybridized carbons (Fsp3) is 0.800. The van der Waals surface area contributed by atoms with Crippen molar-refractivity contribution in [1.29, 1.82) is 0 Å². The van der Waals surface area contributed by atoms with Crippen molar-refractivity contribution in [1.82, 2.24) is 5.43 Å². The maximum Gasteiger partial charge on any atom is 0.242 e. The highest BCUT2D eigenvalue weighted by molar-refractivity contribution is 5.78. The maximum absolute atomic E-state index is 11.7. The van der Waals surface area contributed by atoms with Crippen LogP contribution >= 0.6 is 0 Å². The molecule has 0 aliphatic heterocycles. The van der Waals surface area contributed by atoms with Gasteiger partial charge in [-0.2, -0.15) is 5.10 Å². The highest BCUT2D eigenvalue weighted by atomic mass is 16.2. The lowest BCUT2D eigenvalue weighted by molar-refractivity contribution is -0.124. The van der Waals surface area contributed by atoms with Gasteiger partial charge in [-0.05, 0) is 25.2 Å². The molecule has 4 heteroatoms. The molecule has 1 amide bonds. The number of rotatable bonds is 11. The zero-order chi connectivity index (χ0) is 14.5. The number of unbranched alkanes of at least 4 members (excludes halogenated alkanes) is 2. The summed E-state index contributed by atoms with van der Waals surface area (Å²) in [5.41, 5.74) is 2.58. The van der Waals surface area contributed by atoms with Crippen LogP contribution < -0.4 is 5.43 Å². The van der Waals surface area contributed by atoms with Crippen LogP contribution in [-0.4, -0.2) is 18.4 Å². The first-order valence-electron chi connectivity index (χ1n) is 7.36. The molecule has 0 aromatic carbocycles. The summed E-state index contributed by atoms with van der Waals surface area (Å²) in [5, 5.41) is 3.94. The third kappa shape index (κ3) is 10.4. The van der Waals surface area contributed by atoms with Crippen LogP contribution in [0.3, 0.4) is 0 Å².